The van der Waals surface area contributed by atoms with E-state index in [2.05, 4.69) is 37.6 Å². The van der Waals surface area contributed by atoms with Crippen molar-refractivity contribution in [2.75, 3.05) is 0 Å². The molecule has 90 valence electrons. The number of nitrogens with zero attached hydrogens (tertiary/aromatic N) is 1. The average molecular weight is 228 g/mol. The highest BCUT2D eigenvalue weighted by atomic mass is 15.0. The van der Waals surface area contributed by atoms with Gasteiger partial charge in [-0.3, -0.25) is 0 Å². The maximum Gasteiger partial charge on any atom is 0.0515 e. The van der Waals surface area contributed by atoms with E-state index < -0.39 is 0 Å². The third-order valence-electron chi connectivity index (χ3n) is 4.20. The number of benzene rings is 1. The van der Waals surface area contributed by atoms with E-state index in [1.54, 1.807) is 0 Å². The second-order valence-corrected chi connectivity index (χ2v) is 5.41. The van der Waals surface area contributed by atoms with Crippen LogP contribution in [0.4, 0.5) is 0 Å². The zero-order valence-corrected chi connectivity index (χ0v) is 10.9. The van der Waals surface area contributed by atoms with E-state index in [1.165, 1.54) is 33.3 Å². The summed E-state index contributed by atoms with van der Waals surface area (Å²) >= 11 is 0. The Morgan fingerprint density at radius 1 is 1.24 bits per heavy atom. The van der Waals surface area contributed by atoms with E-state index in [4.69, 9.17) is 5.73 Å². The molecule has 0 radical (unpaired) electrons. The maximum atomic E-state index is 6.13. The van der Waals surface area contributed by atoms with Crippen LogP contribution in [0.25, 0.3) is 10.9 Å². The first kappa shape index (κ1) is 10.8. The average Bonchev–Trinajstić information content (AvgIpc) is 2.58. The maximum absolute atomic E-state index is 6.13. The largest absolute Gasteiger partial charge is 0.347 e. The minimum absolute atomic E-state index is 0.341. The Labute approximate surface area is 102 Å². The normalized spacial score (nSPS) is 19.6. The van der Waals surface area contributed by atoms with Gasteiger partial charge in [-0.25, -0.2) is 0 Å². The van der Waals surface area contributed by atoms with Gasteiger partial charge in [-0.1, -0.05) is 12.1 Å². The van der Waals surface area contributed by atoms with Crippen LogP contribution in [0, 0.1) is 13.8 Å². The molecule has 0 saturated carbocycles. The topological polar surface area (TPSA) is 30.9 Å². The number of rotatable bonds is 0. The molecule has 1 aliphatic rings. The van der Waals surface area contributed by atoms with E-state index in [-0.39, 0.29) is 0 Å². The molecule has 1 unspecified atom stereocenters. The molecule has 0 amide bonds. The lowest BCUT2D eigenvalue weighted by atomic mass is 9.90. The summed E-state index contributed by atoms with van der Waals surface area (Å²) in [6.45, 7) is 4.41. The Kier molecular flexibility index (Phi) is 2.30. The Morgan fingerprint density at radius 2 is 1.94 bits per heavy atom. The minimum atomic E-state index is 0.341. The van der Waals surface area contributed by atoms with Gasteiger partial charge in [0.2, 0.25) is 0 Å². The van der Waals surface area contributed by atoms with Crippen LogP contribution < -0.4 is 5.73 Å². The fourth-order valence-corrected chi connectivity index (χ4v) is 3.32. The highest BCUT2D eigenvalue weighted by molar-refractivity contribution is 5.91. The van der Waals surface area contributed by atoms with Crippen LogP contribution in [0.15, 0.2) is 12.1 Å². The Hall–Kier alpha value is -1.28. The summed E-state index contributed by atoms with van der Waals surface area (Å²) in [4.78, 5) is 0. The molecule has 0 aliphatic heterocycles. The second kappa shape index (κ2) is 3.61. The minimum Gasteiger partial charge on any atom is -0.347 e. The molecule has 0 bridgehead atoms. The molecule has 1 aliphatic carbocycles. The van der Waals surface area contributed by atoms with Crippen molar-refractivity contribution in [2.45, 2.75) is 39.2 Å². The van der Waals surface area contributed by atoms with Gasteiger partial charge in [-0.15, -0.1) is 0 Å². The number of aromatic nitrogens is 1. The Bertz CT molecular complexity index is 593. The van der Waals surface area contributed by atoms with Crippen molar-refractivity contribution in [3.05, 3.63) is 34.5 Å². The molecule has 3 rings (SSSR count). The summed E-state index contributed by atoms with van der Waals surface area (Å²) in [5, 5.41) is 1.46. The van der Waals surface area contributed by atoms with Crippen LogP contribution in [0.5, 0.6) is 0 Å². The second-order valence-electron chi connectivity index (χ2n) is 5.41. The van der Waals surface area contributed by atoms with Crippen LogP contribution in [-0.2, 0) is 19.9 Å². The first-order valence-corrected chi connectivity index (χ1v) is 6.41. The fourth-order valence-electron chi connectivity index (χ4n) is 3.32. The van der Waals surface area contributed by atoms with Gasteiger partial charge in [0.05, 0.1) is 5.52 Å². The predicted octanol–water partition coefficient (Wildman–Crippen LogP) is 2.61. The molecule has 2 heteroatoms. The van der Waals surface area contributed by atoms with Crippen molar-refractivity contribution in [3.8, 4) is 0 Å². The fraction of sp³-hybridized carbons (Fsp3) is 0.467. The Balaban J connectivity index is 2.42. The van der Waals surface area contributed by atoms with E-state index >= 15 is 0 Å². The highest BCUT2D eigenvalue weighted by Gasteiger charge is 2.23. The van der Waals surface area contributed by atoms with E-state index in [0.717, 1.165) is 19.3 Å². The van der Waals surface area contributed by atoms with E-state index in [9.17, 15) is 0 Å². The number of hydrogen-bond acceptors (Lipinski definition) is 1. The lowest BCUT2D eigenvalue weighted by Gasteiger charge is -2.19. The van der Waals surface area contributed by atoms with Gasteiger partial charge in [0.1, 0.15) is 0 Å². The SMILES string of the molecule is Cc1ccc(C)c2c1c1c(n2C)CCC(N)C1. The van der Waals surface area contributed by atoms with Gasteiger partial charge in [-0.2, -0.15) is 0 Å². The first-order valence-electron chi connectivity index (χ1n) is 6.41. The molecular weight excluding hydrogens is 208 g/mol. The molecule has 0 fully saturated rings. The molecule has 17 heavy (non-hydrogen) atoms. The van der Waals surface area contributed by atoms with Gasteiger partial charge in [-0.05, 0) is 49.8 Å². The Morgan fingerprint density at radius 3 is 2.71 bits per heavy atom. The van der Waals surface area contributed by atoms with E-state index in [1.807, 2.05) is 0 Å². The first-order chi connectivity index (χ1) is 8.09. The molecule has 1 aromatic heterocycles. The summed E-state index contributed by atoms with van der Waals surface area (Å²) in [6.07, 6.45) is 3.28. The van der Waals surface area contributed by atoms with Crippen LogP contribution >= 0.6 is 0 Å². The van der Waals surface area contributed by atoms with Gasteiger partial charge < -0.3 is 10.3 Å². The third-order valence-corrected chi connectivity index (χ3v) is 4.20. The van der Waals surface area contributed by atoms with Crippen molar-refractivity contribution in [1.29, 1.82) is 0 Å². The summed E-state index contributed by atoms with van der Waals surface area (Å²) < 4.78 is 2.39. The van der Waals surface area contributed by atoms with Gasteiger partial charge >= 0.3 is 0 Å². The number of nitrogens with two attached hydrogens (primary N) is 1. The molecule has 2 aromatic rings. The van der Waals surface area contributed by atoms with Gasteiger partial charge in [0, 0.05) is 24.2 Å². The summed E-state index contributed by atoms with van der Waals surface area (Å²) in [6, 6.07) is 4.80. The van der Waals surface area contributed by atoms with Crippen LogP contribution in [0.1, 0.15) is 28.8 Å². The molecule has 1 heterocycles. The lowest BCUT2D eigenvalue weighted by molar-refractivity contribution is 0.562. The molecule has 2 nitrogen and oxygen atoms in total. The molecular formula is C15H20N2. The van der Waals surface area contributed by atoms with Crippen LogP contribution in [0.2, 0.25) is 0 Å². The standard InChI is InChI=1S/C15H20N2/c1-9-4-5-10(2)15-14(9)12-8-11(16)6-7-13(12)17(15)3/h4-5,11H,6-8,16H2,1-3H3. The van der Waals surface area contributed by atoms with Crippen molar-refractivity contribution in [2.24, 2.45) is 12.8 Å². The molecule has 0 spiro atoms. The number of fused-ring (bicyclic) bond motifs is 3. The summed E-state index contributed by atoms with van der Waals surface area (Å²) in [7, 11) is 2.20. The molecule has 2 N–H and O–H groups in total. The molecule has 0 saturated heterocycles. The monoisotopic (exact) mass is 228 g/mol. The quantitative estimate of drug-likeness (QED) is 0.738. The van der Waals surface area contributed by atoms with Crippen molar-refractivity contribution >= 4 is 10.9 Å². The van der Waals surface area contributed by atoms with Gasteiger partial charge in [0.25, 0.3) is 0 Å². The van der Waals surface area contributed by atoms with Crippen LogP contribution in [0.3, 0.4) is 0 Å². The number of aryl methyl sites for hydroxylation is 3. The zero-order chi connectivity index (χ0) is 12.2. The summed E-state index contributed by atoms with van der Waals surface area (Å²) in [5.74, 6) is 0. The van der Waals surface area contributed by atoms with E-state index in [0.29, 0.717) is 6.04 Å². The van der Waals surface area contributed by atoms with Gasteiger partial charge in [0.15, 0.2) is 0 Å². The van der Waals surface area contributed by atoms with Crippen LogP contribution in [-0.4, -0.2) is 10.6 Å². The number of hydrogen-bond donors (Lipinski definition) is 1. The molecule has 1 atom stereocenters. The van der Waals surface area contributed by atoms with Crippen molar-refractivity contribution in [1.82, 2.24) is 4.57 Å². The summed E-state index contributed by atoms with van der Waals surface area (Å²) in [5.41, 5.74) is 13.3. The predicted molar refractivity (Wildman–Crippen MR) is 72.4 cm³/mol. The third kappa shape index (κ3) is 1.44. The molecule has 1 aromatic carbocycles. The lowest BCUT2D eigenvalue weighted by Crippen LogP contribution is -2.28. The van der Waals surface area contributed by atoms with Crippen molar-refractivity contribution in [3.63, 3.8) is 0 Å². The smallest absolute Gasteiger partial charge is 0.0515 e. The zero-order valence-electron chi connectivity index (χ0n) is 10.9. The van der Waals surface area contributed by atoms with Crippen molar-refractivity contribution < 1.29 is 0 Å². The highest BCUT2D eigenvalue weighted by Crippen LogP contribution is 2.34.